The quantitative estimate of drug-likeness (QED) is 0.344. The Bertz CT molecular complexity index is 884. The Hall–Kier alpha value is -2.69. The van der Waals surface area contributed by atoms with E-state index in [1.54, 1.807) is 6.07 Å². The van der Waals surface area contributed by atoms with Crippen LogP contribution in [0.15, 0.2) is 36.4 Å². The fourth-order valence-electron chi connectivity index (χ4n) is 3.29. The van der Waals surface area contributed by atoms with Crippen molar-refractivity contribution in [3.63, 3.8) is 0 Å². The maximum atomic E-state index is 13.2. The van der Waals surface area contributed by atoms with Crippen molar-refractivity contribution >= 4 is 5.78 Å². The topological polar surface area (TPSA) is 54.0 Å². The van der Waals surface area contributed by atoms with Crippen LogP contribution < -0.4 is 18.9 Å². The highest BCUT2D eigenvalue weighted by atomic mass is 16.5. The number of benzene rings is 2. The summed E-state index contributed by atoms with van der Waals surface area (Å²) >= 11 is 0. The van der Waals surface area contributed by atoms with E-state index in [1.807, 2.05) is 85.7 Å². The lowest BCUT2D eigenvalue weighted by Gasteiger charge is -2.20. The third-order valence-electron chi connectivity index (χ3n) is 4.38. The molecule has 0 saturated heterocycles. The average Bonchev–Trinajstić information content (AvgIpc) is 2.67. The van der Waals surface area contributed by atoms with Crippen LogP contribution >= 0.6 is 0 Å². The van der Waals surface area contributed by atoms with Gasteiger partial charge in [0.2, 0.25) is 0 Å². The third kappa shape index (κ3) is 7.77. The molecule has 0 bridgehead atoms. The van der Waals surface area contributed by atoms with E-state index in [9.17, 15) is 4.79 Å². The van der Waals surface area contributed by atoms with Crippen molar-refractivity contribution in [2.75, 3.05) is 0 Å². The number of carbonyl (C=O) groups is 1. The van der Waals surface area contributed by atoms with E-state index in [4.69, 9.17) is 18.9 Å². The molecule has 32 heavy (non-hydrogen) atoms. The fraction of sp³-hybridized carbons (Fsp3) is 0.519. The minimum Gasteiger partial charge on any atom is -0.491 e. The van der Waals surface area contributed by atoms with Gasteiger partial charge in [-0.05, 0) is 97.7 Å². The molecule has 2 aromatic carbocycles. The monoisotopic (exact) mass is 442 g/mol. The Labute approximate surface area is 193 Å². The van der Waals surface area contributed by atoms with Crippen molar-refractivity contribution in [2.45, 2.75) is 92.6 Å². The molecule has 0 aliphatic carbocycles. The summed E-state index contributed by atoms with van der Waals surface area (Å²) in [6.07, 6.45) is 0.868. The molecule has 0 atom stereocenters. The second-order valence-corrected chi connectivity index (χ2v) is 8.99. The molecule has 2 rings (SSSR count). The predicted molar refractivity (Wildman–Crippen MR) is 129 cm³/mol. The van der Waals surface area contributed by atoms with Gasteiger partial charge in [-0.2, -0.15) is 0 Å². The van der Waals surface area contributed by atoms with E-state index in [0.717, 1.165) is 17.1 Å². The molecule has 0 unspecified atom stereocenters. The predicted octanol–water partition coefficient (Wildman–Crippen LogP) is 6.65. The highest BCUT2D eigenvalue weighted by Crippen LogP contribution is 2.35. The van der Waals surface area contributed by atoms with E-state index >= 15 is 0 Å². The Morgan fingerprint density at radius 1 is 0.719 bits per heavy atom. The van der Waals surface area contributed by atoms with Gasteiger partial charge in [-0.25, -0.2) is 0 Å². The second-order valence-electron chi connectivity index (χ2n) is 8.99. The lowest BCUT2D eigenvalue weighted by Crippen LogP contribution is -2.14. The number of rotatable bonds is 12. The Morgan fingerprint density at radius 3 is 1.91 bits per heavy atom. The smallest absolute Gasteiger partial charge is 0.172 e. The zero-order chi connectivity index (χ0) is 23.8. The van der Waals surface area contributed by atoms with Crippen molar-refractivity contribution in [3.05, 3.63) is 47.5 Å². The first kappa shape index (κ1) is 25.6. The van der Waals surface area contributed by atoms with Gasteiger partial charge >= 0.3 is 0 Å². The Morgan fingerprint density at radius 2 is 1.31 bits per heavy atom. The maximum absolute atomic E-state index is 13.2. The first-order valence-corrected chi connectivity index (χ1v) is 11.5. The van der Waals surface area contributed by atoms with Crippen LogP contribution in [0.25, 0.3) is 0 Å². The Kier molecular flexibility index (Phi) is 9.42. The number of carbonyl (C=O) groups excluding carboxylic acids is 1. The summed E-state index contributed by atoms with van der Waals surface area (Å²) in [5, 5.41) is 0. The number of ketones is 1. The molecular weight excluding hydrogens is 404 g/mol. The summed E-state index contributed by atoms with van der Waals surface area (Å²) in [4.78, 5) is 13.2. The highest BCUT2D eigenvalue weighted by molar-refractivity contribution is 5.99. The number of aryl methyl sites for hydroxylation is 1. The second kappa shape index (κ2) is 11.8. The van der Waals surface area contributed by atoms with Gasteiger partial charge in [-0.15, -0.1) is 0 Å². The Balaban J connectivity index is 2.29. The minimum absolute atomic E-state index is 0.000495. The standard InChI is InChI=1S/C27H38O5/c1-17(2)29-22-13-15-25(30-18(3)4)21(16-22)12-14-24(28)23-10-9-11-26(31-19(5)6)27(23)32-20(7)8/h9-11,13,15-20H,12,14H2,1-8H3. The summed E-state index contributed by atoms with van der Waals surface area (Å²) in [5.41, 5.74) is 1.49. The molecule has 176 valence electrons. The number of para-hydroxylation sites is 1. The highest BCUT2D eigenvalue weighted by Gasteiger charge is 2.20. The third-order valence-corrected chi connectivity index (χ3v) is 4.38. The van der Waals surface area contributed by atoms with Crippen molar-refractivity contribution in [1.82, 2.24) is 0 Å². The van der Waals surface area contributed by atoms with E-state index < -0.39 is 0 Å². The molecule has 0 amide bonds. The molecule has 0 N–H and O–H groups in total. The van der Waals surface area contributed by atoms with Crippen LogP contribution in [0.2, 0.25) is 0 Å². The summed E-state index contributed by atoms with van der Waals surface area (Å²) in [6, 6.07) is 11.3. The van der Waals surface area contributed by atoms with Crippen LogP contribution in [-0.4, -0.2) is 30.2 Å². The van der Waals surface area contributed by atoms with Crippen molar-refractivity contribution in [3.8, 4) is 23.0 Å². The van der Waals surface area contributed by atoms with Crippen molar-refractivity contribution in [1.29, 1.82) is 0 Å². The van der Waals surface area contributed by atoms with Crippen molar-refractivity contribution < 1.29 is 23.7 Å². The van der Waals surface area contributed by atoms with Crippen LogP contribution in [0.4, 0.5) is 0 Å². The van der Waals surface area contributed by atoms with Gasteiger partial charge in [0.15, 0.2) is 17.3 Å². The summed E-state index contributed by atoms with van der Waals surface area (Å²) in [6.45, 7) is 15.7. The van der Waals surface area contributed by atoms with Crippen LogP contribution in [-0.2, 0) is 6.42 Å². The molecule has 0 radical (unpaired) electrons. The molecular formula is C27H38O5. The van der Waals surface area contributed by atoms with E-state index in [-0.39, 0.29) is 30.2 Å². The largest absolute Gasteiger partial charge is 0.491 e. The van der Waals surface area contributed by atoms with Gasteiger partial charge in [-0.3, -0.25) is 4.79 Å². The van der Waals surface area contributed by atoms with Gasteiger partial charge in [0.25, 0.3) is 0 Å². The zero-order valence-corrected chi connectivity index (χ0v) is 20.7. The zero-order valence-electron chi connectivity index (χ0n) is 20.7. The molecule has 0 fully saturated rings. The molecule has 0 saturated carbocycles. The van der Waals surface area contributed by atoms with Gasteiger partial charge in [0, 0.05) is 6.42 Å². The fourth-order valence-corrected chi connectivity index (χ4v) is 3.29. The first-order valence-electron chi connectivity index (χ1n) is 11.5. The molecule has 2 aromatic rings. The molecule has 0 aliphatic heterocycles. The molecule has 0 heterocycles. The number of hydrogen-bond donors (Lipinski definition) is 0. The molecule has 0 aliphatic rings. The SMILES string of the molecule is CC(C)Oc1ccc(OC(C)C)c(CCC(=O)c2cccc(OC(C)C)c2OC(C)C)c1. The first-order chi connectivity index (χ1) is 15.1. The summed E-state index contributed by atoms with van der Waals surface area (Å²) in [7, 11) is 0. The van der Waals surface area contributed by atoms with Gasteiger partial charge in [0.05, 0.1) is 30.0 Å². The lowest BCUT2D eigenvalue weighted by atomic mass is 10.0. The normalized spacial score (nSPS) is 11.4. The van der Waals surface area contributed by atoms with Crippen LogP contribution in [0, 0.1) is 0 Å². The van der Waals surface area contributed by atoms with Crippen molar-refractivity contribution in [2.24, 2.45) is 0 Å². The van der Waals surface area contributed by atoms with E-state index in [2.05, 4.69) is 0 Å². The molecule has 5 nitrogen and oxygen atoms in total. The lowest BCUT2D eigenvalue weighted by molar-refractivity contribution is 0.0974. The number of ether oxygens (including phenoxy) is 4. The molecule has 5 heteroatoms. The van der Waals surface area contributed by atoms with Gasteiger partial charge in [0.1, 0.15) is 11.5 Å². The van der Waals surface area contributed by atoms with E-state index in [0.29, 0.717) is 29.9 Å². The average molecular weight is 443 g/mol. The number of hydrogen-bond acceptors (Lipinski definition) is 5. The summed E-state index contributed by atoms with van der Waals surface area (Å²) < 4.78 is 23.7. The van der Waals surface area contributed by atoms with Crippen LogP contribution in [0.3, 0.4) is 0 Å². The number of Topliss-reactive ketones (excluding diaryl/α,β-unsaturated/α-hetero) is 1. The van der Waals surface area contributed by atoms with Gasteiger partial charge in [-0.1, -0.05) is 6.07 Å². The van der Waals surface area contributed by atoms with Crippen LogP contribution in [0.5, 0.6) is 23.0 Å². The maximum Gasteiger partial charge on any atom is 0.172 e. The van der Waals surface area contributed by atoms with Crippen LogP contribution in [0.1, 0.15) is 77.7 Å². The summed E-state index contributed by atoms with van der Waals surface area (Å²) in [5.74, 6) is 2.65. The van der Waals surface area contributed by atoms with E-state index in [1.165, 1.54) is 0 Å². The van der Waals surface area contributed by atoms with Gasteiger partial charge < -0.3 is 18.9 Å². The molecule has 0 aromatic heterocycles. The minimum atomic E-state index is -0.0747. The molecule has 0 spiro atoms.